The Morgan fingerprint density at radius 1 is 1.29 bits per heavy atom. The SMILES string of the molecule is CC(C)(C)CC(C(O)C(Cl)(Cl)Cl)n1cncn1. The van der Waals surface area contributed by atoms with E-state index >= 15 is 0 Å². The van der Waals surface area contributed by atoms with E-state index in [1.54, 1.807) is 0 Å². The van der Waals surface area contributed by atoms with Crippen molar-refractivity contribution >= 4 is 34.8 Å². The summed E-state index contributed by atoms with van der Waals surface area (Å²) in [4.78, 5) is 3.85. The number of aliphatic hydroxyl groups is 1. The van der Waals surface area contributed by atoms with Crippen LogP contribution in [0.25, 0.3) is 0 Å². The van der Waals surface area contributed by atoms with E-state index in [9.17, 15) is 5.11 Å². The molecule has 1 heterocycles. The van der Waals surface area contributed by atoms with E-state index in [4.69, 9.17) is 34.8 Å². The number of aliphatic hydroxyl groups excluding tert-OH is 1. The van der Waals surface area contributed by atoms with Crippen LogP contribution in [0.2, 0.25) is 0 Å². The first-order chi connectivity index (χ1) is 7.61. The lowest BCUT2D eigenvalue weighted by Crippen LogP contribution is -2.37. The van der Waals surface area contributed by atoms with E-state index in [2.05, 4.69) is 10.1 Å². The van der Waals surface area contributed by atoms with Crippen LogP contribution in [0.3, 0.4) is 0 Å². The molecule has 0 radical (unpaired) electrons. The van der Waals surface area contributed by atoms with Gasteiger partial charge in [-0.1, -0.05) is 55.6 Å². The molecule has 0 fully saturated rings. The molecule has 0 amide bonds. The molecule has 2 atom stereocenters. The van der Waals surface area contributed by atoms with Gasteiger partial charge in [0.15, 0.2) is 0 Å². The normalized spacial score (nSPS) is 16.9. The van der Waals surface area contributed by atoms with Crippen LogP contribution in [0.4, 0.5) is 0 Å². The molecule has 0 aliphatic heterocycles. The Morgan fingerprint density at radius 3 is 2.24 bits per heavy atom. The summed E-state index contributed by atoms with van der Waals surface area (Å²) >= 11 is 17.2. The summed E-state index contributed by atoms with van der Waals surface area (Å²) in [6.07, 6.45) is 2.37. The second kappa shape index (κ2) is 5.31. The van der Waals surface area contributed by atoms with E-state index in [0.29, 0.717) is 6.42 Å². The molecule has 0 aliphatic rings. The lowest BCUT2D eigenvalue weighted by molar-refractivity contribution is 0.0827. The fourth-order valence-electron chi connectivity index (χ4n) is 1.58. The quantitative estimate of drug-likeness (QED) is 0.873. The van der Waals surface area contributed by atoms with Gasteiger partial charge in [0, 0.05) is 0 Å². The Bertz CT molecular complexity index is 343. The summed E-state index contributed by atoms with van der Waals surface area (Å²) in [6.45, 7) is 6.13. The molecular formula is C10H16Cl3N3O. The molecular weight excluding hydrogens is 284 g/mol. The van der Waals surface area contributed by atoms with Crippen molar-refractivity contribution in [3.05, 3.63) is 12.7 Å². The second-order valence-corrected chi connectivity index (χ2v) is 7.56. The van der Waals surface area contributed by atoms with E-state index in [0.717, 1.165) is 0 Å². The second-order valence-electron chi connectivity index (χ2n) is 5.19. The Kier molecular flexibility index (Phi) is 4.69. The van der Waals surface area contributed by atoms with Crippen LogP contribution in [0.1, 0.15) is 33.2 Å². The third-order valence-electron chi connectivity index (χ3n) is 2.30. The first kappa shape index (κ1) is 15.0. The van der Waals surface area contributed by atoms with Crippen LogP contribution >= 0.6 is 34.8 Å². The van der Waals surface area contributed by atoms with Crippen molar-refractivity contribution in [3.8, 4) is 0 Å². The molecule has 1 aromatic rings. The summed E-state index contributed by atoms with van der Waals surface area (Å²) in [7, 11) is 0. The zero-order chi connectivity index (χ0) is 13.3. The zero-order valence-corrected chi connectivity index (χ0v) is 12.2. The monoisotopic (exact) mass is 299 g/mol. The summed E-state index contributed by atoms with van der Waals surface area (Å²) in [6, 6.07) is -0.426. The van der Waals surface area contributed by atoms with Gasteiger partial charge >= 0.3 is 0 Å². The maximum atomic E-state index is 10.1. The van der Waals surface area contributed by atoms with Crippen molar-refractivity contribution in [1.29, 1.82) is 0 Å². The highest BCUT2D eigenvalue weighted by atomic mass is 35.6. The molecule has 1 N–H and O–H groups in total. The number of aromatic nitrogens is 3. The zero-order valence-electron chi connectivity index (χ0n) is 9.94. The number of hydrogen-bond acceptors (Lipinski definition) is 3. The molecule has 0 saturated carbocycles. The molecule has 0 bridgehead atoms. The minimum atomic E-state index is -1.75. The molecule has 0 aromatic carbocycles. The Labute approximate surface area is 116 Å². The third kappa shape index (κ3) is 4.62. The molecule has 1 aromatic heterocycles. The highest BCUT2D eigenvalue weighted by Crippen LogP contribution is 2.39. The van der Waals surface area contributed by atoms with Crippen molar-refractivity contribution in [2.45, 2.75) is 43.1 Å². The van der Waals surface area contributed by atoms with Gasteiger partial charge in [-0.3, -0.25) is 0 Å². The number of halogens is 3. The van der Waals surface area contributed by atoms with Gasteiger partial charge in [0.25, 0.3) is 0 Å². The van der Waals surface area contributed by atoms with Crippen molar-refractivity contribution in [2.24, 2.45) is 5.41 Å². The largest absolute Gasteiger partial charge is 0.386 e. The van der Waals surface area contributed by atoms with Crippen LogP contribution in [0.15, 0.2) is 12.7 Å². The maximum absolute atomic E-state index is 10.1. The molecule has 98 valence electrons. The van der Waals surface area contributed by atoms with E-state index in [1.165, 1.54) is 17.3 Å². The first-order valence-corrected chi connectivity index (χ1v) is 6.33. The number of nitrogens with zero attached hydrogens (tertiary/aromatic N) is 3. The molecule has 0 spiro atoms. The van der Waals surface area contributed by atoms with Crippen molar-refractivity contribution < 1.29 is 5.11 Å². The minimum absolute atomic E-state index is 0.0342. The van der Waals surface area contributed by atoms with E-state index in [-0.39, 0.29) is 5.41 Å². The van der Waals surface area contributed by atoms with Crippen LogP contribution in [0, 0.1) is 5.41 Å². The van der Waals surface area contributed by atoms with Gasteiger partial charge in [0.2, 0.25) is 3.79 Å². The summed E-state index contributed by atoms with van der Waals surface area (Å²) in [5.74, 6) is 0. The van der Waals surface area contributed by atoms with Gasteiger partial charge in [-0.05, 0) is 11.8 Å². The fraction of sp³-hybridized carbons (Fsp3) is 0.800. The number of alkyl halides is 3. The average Bonchev–Trinajstić information content (AvgIpc) is 2.62. The third-order valence-corrected chi connectivity index (χ3v) is 2.97. The lowest BCUT2D eigenvalue weighted by atomic mass is 9.86. The predicted octanol–water partition coefficient (Wildman–Crippen LogP) is 2.99. The van der Waals surface area contributed by atoms with Gasteiger partial charge in [-0.2, -0.15) is 5.10 Å². The van der Waals surface area contributed by atoms with E-state index in [1.807, 2.05) is 20.8 Å². The summed E-state index contributed by atoms with van der Waals surface area (Å²) < 4.78 is -0.223. The molecule has 2 unspecified atom stereocenters. The standard InChI is InChI=1S/C10H16Cl3N3O/c1-9(2,3)4-7(8(17)10(11,12)13)16-6-14-5-15-16/h5-8,17H,4H2,1-3H3. The molecule has 1 rings (SSSR count). The maximum Gasteiger partial charge on any atom is 0.218 e. The topological polar surface area (TPSA) is 50.9 Å². The van der Waals surface area contributed by atoms with E-state index < -0.39 is 15.9 Å². The van der Waals surface area contributed by atoms with Gasteiger partial charge in [-0.15, -0.1) is 0 Å². The highest BCUT2D eigenvalue weighted by molar-refractivity contribution is 6.68. The van der Waals surface area contributed by atoms with Gasteiger partial charge < -0.3 is 5.11 Å². The van der Waals surface area contributed by atoms with Crippen LogP contribution < -0.4 is 0 Å². The Balaban J connectivity index is 2.96. The van der Waals surface area contributed by atoms with Crippen molar-refractivity contribution in [1.82, 2.24) is 14.8 Å². The Morgan fingerprint density at radius 2 is 1.88 bits per heavy atom. The highest BCUT2D eigenvalue weighted by Gasteiger charge is 2.40. The van der Waals surface area contributed by atoms with Gasteiger partial charge in [-0.25, -0.2) is 9.67 Å². The van der Waals surface area contributed by atoms with Crippen LogP contribution in [-0.4, -0.2) is 29.8 Å². The van der Waals surface area contributed by atoms with Crippen LogP contribution in [-0.2, 0) is 0 Å². The fourth-order valence-corrected chi connectivity index (χ4v) is 2.02. The predicted molar refractivity (Wildman–Crippen MR) is 69.4 cm³/mol. The molecule has 17 heavy (non-hydrogen) atoms. The average molecular weight is 301 g/mol. The van der Waals surface area contributed by atoms with Crippen molar-refractivity contribution in [3.63, 3.8) is 0 Å². The van der Waals surface area contributed by atoms with Crippen LogP contribution in [0.5, 0.6) is 0 Å². The summed E-state index contributed by atoms with van der Waals surface area (Å²) in [5.41, 5.74) is -0.0342. The summed E-state index contributed by atoms with van der Waals surface area (Å²) in [5, 5.41) is 14.1. The minimum Gasteiger partial charge on any atom is -0.386 e. The van der Waals surface area contributed by atoms with Gasteiger partial charge in [0.1, 0.15) is 18.8 Å². The van der Waals surface area contributed by atoms with Gasteiger partial charge in [0.05, 0.1) is 6.04 Å². The molecule has 0 aliphatic carbocycles. The molecule has 7 heteroatoms. The number of rotatable bonds is 3. The Hall–Kier alpha value is -0.0300. The smallest absolute Gasteiger partial charge is 0.218 e. The first-order valence-electron chi connectivity index (χ1n) is 5.20. The molecule has 4 nitrogen and oxygen atoms in total. The lowest BCUT2D eigenvalue weighted by Gasteiger charge is -2.32. The van der Waals surface area contributed by atoms with Crippen molar-refractivity contribution in [2.75, 3.05) is 0 Å². The number of hydrogen-bond donors (Lipinski definition) is 1. The molecule has 0 saturated heterocycles.